The van der Waals surface area contributed by atoms with Crippen molar-refractivity contribution in [3.63, 3.8) is 0 Å². The van der Waals surface area contributed by atoms with Crippen LogP contribution in [0.15, 0.2) is 30.9 Å². The molecule has 0 unspecified atom stereocenters. The van der Waals surface area contributed by atoms with Gasteiger partial charge >= 0.3 is 0 Å². The minimum atomic E-state index is -0.115. The van der Waals surface area contributed by atoms with Crippen LogP contribution >= 0.6 is 11.6 Å². The van der Waals surface area contributed by atoms with Gasteiger partial charge in [0.2, 0.25) is 11.8 Å². The molecule has 4 rings (SSSR count). The van der Waals surface area contributed by atoms with Crippen molar-refractivity contribution in [2.45, 2.75) is 25.7 Å². The van der Waals surface area contributed by atoms with E-state index in [0.29, 0.717) is 5.02 Å². The van der Waals surface area contributed by atoms with Crippen molar-refractivity contribution in [2.75, 3.05) is 31.1 Å². The Kier molecular flexibility index (Phi) is 4.72. The van der Waals surface area contributed by atoms with Gasteiger partial charge in [0.25, 0.3) is 5.91 Å². The first-order chi connectivity index (χ1) is 12.7. The van der Waals surface area contributed by atoms with Crippen molar-refractivity contribution in [1.82, 2.24) is 24.8 Å². The Morgan fingerprint density at radius 2 is 1.69 bits per heavy atom. The highest BCUT2D eigenvalue weighted by atomic mass is 35.5. The van der Waals surface area contributed by atoms with E-state index in [1.165, 1.54) is 18.8 Å². The van der Waals surface area contributed by atoms with Crippen LogP contribution in [0.25, 0.3) is 0 Å². The minimum absolute atomic E-state index is 0.115. The van der Waals surface area contributed by atoms with Gasteiger partial charge in [-0.25, -0.2) is 19.9 Å². The maximum absolute atomic E-state index is 12.6. The number of likely N-dealkylation sites (tertiary alicyclic amines) is 1. The van der Waals surface area contributed by atoms with Gasteiger partial charge in [-0.15, -0.1) is 0 Å². The van der Waals surface area contributed by atoms with Crippen LogP contribution in [0.5, 0.6) is 0 Å². The fraction of sp³-hybridized carbons (Fsp3) is 0.500. The molecule has 2 aromatic rings. The van der Waals surface area contributed by atoms with Crippen LogP contribution in [0.4, 0.5) is 5.95 Å². The average Bonchev–Trinajstić information content (AvgIpc) is 2.69. The van der Waals surface area contributed by atoms with Crippen LogP contribution in [-0.4, -0.2) is 56.9 Å². The zero-order valence-electron chi connectivity index (χ0n) is 14.5. The van der Waals surface area contributed by atoms with Crippen LogP contribution in [0.1, 0.15) is 36.3 Å². The van der Waals surface area contributed by atoms with E-state index in [-0.39, 0.29) is 17.1 Å². The van der Waals surface area contributed by atoms with Gasteiger partial charge < -0.3 is 9.80 Å². The second-order valence-electron chi connectivity index (χ2n) is 7.09. The highest BCUT2D eigenvalue weighted by Crippen LogP contribution is 2.40. The number of halogens is 1. The second kappa shape index (κ2) is 7.15. The van der Waals surface area contributed by atoms with Crippen LogP contribution in [0.2, 0.25) is 5.02 Å². The summed E-state index contributed by atoms with van der Waals surface area (Å²) in [7, 11) is 0. The summed E-state index contributed by atoms with van der Waals surface area (Å²) in [6.07, 6.45) is 10.8. The third-order valence-corrected chi connectivity index (χ3v) is 5.61. The Hall–Kier alpha value is -2.28. The Morgan fingerprint density at radius 3 is 2.38 bits per heavy atom. The lowest BCUT2D eigenvalue weighted by Crippen LogP contribution is -2.51. The molecule has 1 spiro atoms. The predicted molar refractivity (Wildman–Crippen MR) is 98.1 cm³/mol. The largest absolute Gasteiger partial charge is 0.340 e. The molecule has 0 atom stereocenters. The number of aromatic nitrogens is 4. The zero-order chi connectivity index (χ0) is 18.0. The number of hydrogen-bond acceptors (Lipinski definition) is 6. The lowest BCUT2D eigenvalue weighted by Gasteiger charge is -2.47. The molecule has 0 aromatic carbocycles. The Balaban J connectivity index is 1.41. The number of amides is 1. The van der Waals surface area contributed by atoms with Crippen LogP contribution in [0, 0.1) is 5.41 Å². The molecule has 2 fully saturated rings. The summed E-state index contributed by atoms with van der Waals surface area (Å²) < 4.78 is 0. The maximum atomic E-state index is 12.6. The van der Waals surface area contributed by atoms with Crippen LogP contribution in [0.3, 0.4) is 0 Å². The summed E-state index contributed by atoms with van der Waals surface area (Å²) in [5.41, 5.74) is 0.231. The molecule has 2 aromatic heterocycles. The van der Waals surface area contributed by atoms with Gasteiger partial charge in [-0.05, 0) is 37.2 Å². The Labute approximate surface area is 157 Å². The summed E-state index contributed by atoms with van der Waals surface area (Å²) in [4.78, 5) is 33.6. The lowest BCUT2D eigenvalue weighted by molar-refractivity contribution is 0.0528. The molecular weight excluding hydrogens is 352 g/mol. The number of rotatable bonds is 2. The van der Waals surface area contributed by atoms with E-state index in [4.69, 9.17) is 11.6 Å². The zero-order valence-corrected chi connectivity index (χ0v) is 15.3. The van der Waals surface area contributed by atoms with Gasteiger partial charge in [0, 0.05) is 51.0 Å². The van der Waals surface area contributed by atoms with Crippen LogP contribution in [-0.2, 0) is 0 Å². The fourth-order valence-corrected chi connectivity index (χ4v) is 4.09. The Morgan fingerprint density at radius 1 is 1.00 bits per heavy atom. The smallest absolute Gasteiger partial charge is 0.291 e. The number of nitrogens with zero attached hydrogens (tertiary/aromatic N) is 6. The summed E-state index contributed by atoms with van der Waals surface area (Å²) in [6, 6.07) is 1.84. The monoisotopic (exact) mass is 372 g/mol. The maximum Gasteiger partial charge on any atom is 0.291 e. The van der Waals surface area contributed by atoms with E-state index < -0.39 is 0 Å². The molecule has 0 bridgehead atoms. The Bertz CT molecular complexity index is 761. The van der Waals surface area contributed by atoms with Crippen molar-refractivity contribution in [2.24, 2.45) is 5.41 Å². The van der Waals surface area contributed by atoms with Gasteiger partial charge in [0.1, 0.15) is 0 Å². The van der Waals surface area contributed by atoms with Crippen molar-refractivity contribution in [3.05, 3.63) is 41.7 Å². The molecule has 0 N–H and O–H groups in total. The normalized spacial score (nSPS) is 19.6. The summed E-state index contributed by atoms with van der Waals surface area (Å²) in [5, 5.41) is 0.435. The van der Waals surface area contributed by atoms with Gasteiger partial charge in [-0.1, -0.05) is 11.6 Å². The molecule has 0 aliphatic carbocycles. The molecule has 4 heterocycles. The van der Waals surface area contributed by atoms with Gasteiger partial charge in [-0.3, -0.25) is 4.79 Å². The summed E-state index contributed by atoms with van der Waals surface area (Å²) in [5.74, 6) is 0.906. The fourth-order valence-electron chi connectivity index (χ4n) is 3.99. The highest BCUT2D eigenvalue weighted by Gasteiger charge is 2.40. The van der Waals surface area contributed by atoms with E-state index in [1.54, 1.807) is 12.4 Å². The molecule has 7 nitrogen and oxygen atoms in total. The second-order valence-corrected chi connectivity index (χ2v) is 7.53. The molecular formula is C18H21ClN6O. The lowest BCUT2D eigenvalue weighted by atomic mass is 9.72. The number of carbonyl (C=O) groups excluding carboxylic acids is 1. The topological polar surface area (TPSA) is 75.1 Å². The molecule has 26 heavy (non-hydrogen) atoms. The van der Waals surface area contributed by atoms with Gasteiger partial charge in [0.15, 0.2) is 0 Å². The molecule has 2 saturated heterocycles. The molecule has 2 aliphatic heterocycles. The first-order valence-corrected chi connectivity index (χ1v) is 9.32. The van der Waals surface area contributed by atoms with E-state index in [9.17, 15) is 4.79 Å². The van der Waals surface area contributed by atoms with Crippen molar-refractivity contribution >= 4 is 23.5 Å². The number of carbonyl (C=O) groups is 1. The van der Waals surface area contributed by atoms with E-state index in [2.05, 4.69) is 24.8 Å². The van der Waals surface area contributed by atoms with Crippen molar-refractivity contribution < 1.29 is 4.79 Å². The van der Waals surface area contributed by atoms with Gasteiger partial charge in [0.05, 0.1) is 5.02 Å². The van der Waals surface area contributed by atoms with E-state index in [0.717, 1.165) is 51.4 Å². The van der Waals surface area contributed by atoms with Gasteiger partial charge in [-0.2, -0.15) is 0 Å². The number of piperidine rings is 2. The summed E-state index contributed by atoms with van der Waals surface area (Å²) >= 11 is 5.80. The van der Waals surface area contributed by atoms with Crippen molar-refractivity contribution in [3.8, 4) is 0 Å². The molecule has 136 valence electrons. The van der Waals surface area contributed by atoms with Crippen molar-refractivity contribution in [1.29, 1.82) is 0 Å². The van der Waals surface area contributed by atoms with Crippen LogP contribution < -0.4 is 4.90 Å². The molecule has 2 aliphatic rings. The quantitative estimate of drug-likeness (QED) is 0.806. The number of anilines is 1. The van der Waals surface area contributed by atoms with E-state index in [1.807, 2.05) is 11.0 Å². The predicted octanol–water partition coefficient (Wildman–Crippen LogP) is 2.44. The van der Waals surface area contributed by atoms with E-state index >= 15 is 0 Å². The SMILES string of the molecule is O=C(c1ncc(Cl)cn1)N1CCC2(CCCN(c3ncccn3)C2)CC1. The molecule has 0 radical (unpaired) electrons. The molecule has 1 amide bonds. The highest BCUT2D eigenvalue weighted by molar-refractivity contribution is 6.30. The minimum Gasteiger partial charge on any atom is -0.340 e. The number of hydrogen-bond donors (Lipinski definition) is 0. The summed E-state index contributed by atoms with van der Waals surface area (Å²) in [6.45, 7) is 3.41. The first kappa shape index (κ1) is 17.1. The third kappa shape index (κ3) is 3.49. The molecule has 0 saturated carbocycles. The first-order valence-electron chi connectivity index (χ1n) is 8.94. The average molecular weight is 373 g/mol. The standard InChI is InChI=1S/C18H21ClN6O/c19-14-11-22-15(23-12-14)16(26)24-9-4-18(5-10-24)3-1-8-25(13-18)17-20-6-2-7-21-17/h2,6-7,11-12H,1,3-5,8-10,13H2. The third-order valence-electron chi connectivity index (χ3n) is 5.42. The molecule has 8 heteroatoms.